The van der Waals surface area contributed by atoms with Gasteiger partial charge in [0, 0.05) is 18.3 Å². The van der Waals surface area contributed by atoms with Gasteiger partial charge < -0.3 is 15.6 Å². The van der Waals surface area contributed by atoms with Gasteiger partial charge in [-0.15, -0.1) is 0 Å². The summed E-state index contributed by atoms with van der Waals surface area (Å²) in [4.78, 5) is 12.2. The van der Waals surface area contributed by atoms with Gasteiger partial charge in [0.25, 0.3) is 5.91 Å². The zero-order chi connectivity index (χ0) is 15.5. The third-order valence-electron chi connectivity index (χ3n) is 3.80. The summed E-state index contributed by atoms with van der Waals surface area (Å²) in [5, 5.41) is 2.79. The highest BCUT2D eigenvalue weighted by Crippen LogP contribution is 2.20. The van der Waals surface area contributed by atoms with Gasteiger partial charge in [-0.3, -0.25) is 4.79 Å². The number of aromatic nitrogens is 1. The van der Waals surface area contributed by atoms with Gasteiger partial charge in [-0.1, -0.05) is 19.3 Å². The highest BCUT2D eigenvalue weighted by atomic mass is 19.4. The Hall–Kier alpha value is -1.50. The summed E-state index contributed by atoms with van der Waals surface area (Å²) in [5.41, 5.74) is 6.04. The van der Waals surface area contributed by atoms with E-state index in [-0.39, 0.29) is 17.8 Å². The molecule has 0 aliphatic heterocycles. The number of nitrogens with zero attached hydrogens (tertiary/aromatic N) is 1. The monoisotopic (exact) mass is 303 g/mol. The number of carbonyl (C=O) groups excluding carboxylic acids is 1. The fraction of sp³-hybridized carbons (Fsp3) is 0.643. The molecule has 7 heteroatoms. The molecule has 0 aromatic carbocycles. The van der Waals surface area contributed by atoms with Crippen molar-refractivity contribution in [2.45, 2.75) is 56.9 Å². The Morgan fingerprint density at radius 1 is 1.33 bits per heavy atom. The summed E-state index contributed by atoms with van der Waals surface area (Å²) < 4.78 is 38.3. The van der Waals surface area contributed by atoms with Crippen LogP contribution in [0.3, 0.4) is 0 Å². The number of amides is 1. The fourth-order valence-electron chi connectivity index (χ4n) is 2.71. The molecule has 1 fully saturated rings. The van der Waals surface area contributed by atoms with Crippen LogP contribution in [0.15, 0.2) is 18.3 Å². The molecule has 2 rings (SSSR count). The van der Waals surface area contributed by atoms with E-state index in [9.17, 15) is 18.0 Å². The van der Waals surface area contributed by atoms with Crippen molar-refractivity contribution in [2.24, 2.45) is 5.73 Å². The number of alkyl halides is 3. The van der Waals surface area contributed by atoms with Crippen LogP contribution in [0.1, 0.15) is 42.6 Å². The number of hydrogen-bond acceptors (Lipinski definition) is 2. The molecule has 1 saturated carbocycles. The van der Waals surface area contributed by atoms with E-state index in [0.717, 1.165) is 36.7 Å². The fourth-order valence-corrected chi connectivity index (χ4v) is 2.71. The summed E-state index contributed by atoms with van der Waals surface area (Å²) in [7, 11) is 0. The molecule has 4 nitrogen and oxygen atoms in total. The average Bonchev–Trinajstić information content (AvgIpc) is 2.73. The van der Waals surface area contributed by atoms with E-state index in [2.05, 4.69) is 5.32 Å². The van der Waals surface area contributed by atoms with E-state index in [4.69, 9.17) is 5.73 Å². The van der Waals surface area contributed by atoms with Gasteiger partial charge >= 0.3 is 6.18 Å². The SMILES string of the molecule is NC1CCCCCC1NC(=O)c1cccn1CC(F)(F)F. The van der Waals surface area contributed by atoms with Gasteiger partial charge in [0.05, 0.1) is 0 Å². The molecule has 1 aromatic heterocycles. The van der Waals surface area contributed by atoms with E-state index < -0.39 is 18.6 Å². The molecule has 118 valence electrons. The van der Waals surface area contributed by atoms with Gasteiger partial charge in [-0.25, -0.2) is 0 Å². The third kappa shape index (κ3) is 4.49. The predicted octanol–water partition coefficient (Wildman–Crippen LogP) is 2.44. The molecule has 1 aliphatic carbocycles. The summed E-state index contributed by atoms with van der Waals surface area (Å²) in [6.45, 7) is -1.17. The second-order valence-electron chi connectivity index (χ2n) is 5.52. The molecule has 1 amide bonds. The first-order chi connectivity index (χ1) is 9.87. The molecular weight excluding hydrogens is 283 g/mol. The van der Waals surface area contributed by atoms with Crippen LogP contribution in [0, 0.1) is 0 Å². The van der Waals surface area contributed by atoms with Crippen LogP contribution in [-0.2, 0) is 6.54 Å². The number of rotatable bonds is 3. The van der Waals surface area contributed by atoms with Crippen LogP contribution >= 0.6 is 0 Å². The molecule has 3 N–H and O–H groups in total. The standard InChI is InChI=1S/C14H20F3N3O/c15-14(16,17)9-20-8-4-7-12(20)13(21)19-11-6-3-1-2-5-10(11)18/h4,7-8,10-11H,1-3,5-6,9,18H2,(H,19,21). The van der Waals surface area contributed by atoms with Crippen molar-refractivity contribution in [2.75, 3.05) is 0 Å². The lowest BCUT2D eigenvalue weighted by molar-refractivity contribution is -0.140. The Morgan fingerprint density at radius 2 is 2.05 bits per heavy atom. The van der Waals surface area contributed by atoms with Crippen LogP contribution in [0.4, 0.5) is 13.2 Å². The van der Waals surface area contributed by atoms with E-state index in [1.165, 1.54) is 18.3 Å². The van der Waals surface area contributed by atoms with E-state index in [1.54, 1.807) is 0 Å². The lowest BCUT2D eigenvalue weighted by atomic mass is 10.0. The van der Waals surface area contributed by atoms with Gasteiger partial charge in [0.1, 0.15) is 12.2 Å². The van der Waals surface area contributed by atoms with Crippen LogP contribution in [-0.4, -0.2) is 28.7 Å². The normalized spacial score (nSPS) is 23.6. The highest BCUT2D eigenvalue weighted by molar-refractivity contribution is 5.93. The number of hydrogen-bond donors (Lipinski definition) is 2. The Kier molecular flexibility index (Phi) is 4.92. The van der Waals surface area contributed by atoms with Gasteiger partial charge in [0.15, 0.2) is 0 Å². The quantitative estimate of drug-likeness (QED) is 0.843. The molecule has 0 saturated heterocycles. The summed E-state index contributed by atoms with van der Waals surface area (Å²) >= 11 is 0. The second kappa shape index (κ2) is 6.51. The molecule has 2 unspecified atom stereocenters. The maximum absolute atomic E-state index is 12.5. The zero-order valence-electron chi connectivity index (χ0n) is 11.7. The van der Waals surface area contributed by atoms with Crippen molar-refractivity contribution in [1.82, 2.24) is 9.88 Å². The third-order valence-corrected chi connectivity index (χ3v) is 3.80. The molecular formula is C14H20F3N3O. The van der Waals surface area contributed by atoms with Gasteiger partial charge in [-0.05, 0) is 25.0 Å². The Balaban J connectivity index is 2.04. The molecule has 0 bridgehead atoms. The molecule has 1 aliphatic rings. The van der Waals surface area contributed by atoms with E-state index in [1.807, 2.05) is 0 Å². The number of halogens is 3. The zero-order valence-corrected chi connectivity index (χ0v) is 11.7. The van der Waals surface area contributed by atoms with Crippen LogP contribution in [0.5, 0.6) is 0 Å². The van der Waals surface area contributed by atoms with Gasteiger partial charge in [-0.2, -0.15) is 13.2 Å². The van der Waals surface area contributed by atoms with Crippen molar-refractivity contribution >= 4 is 5.91 Å². The summed E-state index contributed by atoms with van der Waals surface area (Å²) in [5.74, 6) is -0.494. The van der Waals surface area contributed by atoms with Crippen LogP contribution in [0.2, 0.25) is 0 Å². The molecule has 2 atom stereocenters. The molecule has 1 aromatic rings. The van der Waals surface area contributed by atoms with E-state index >= 15 is 0 Å². The maximum atomic E-state index is 12.5. The molecule has 1 heterocycles. The number of nitrogens with one attached hydrogen (secondary N) is 1. The van der Waals surface area contributed by atoms with Crippen molar-refractivity contribution in [1.29, 1.82) is 0 Å². The van der Waals surface area contributed by atoms with E-state index in [0.29, 0.717) is 0 Å². The first-order valence-electron chi connectivity index (χ1n) is 7.15. The number of nitrogens with two attached hydrogens (primary N) is 1. The Bertz CT molecular complexity index is 484. The average molecular weight is 303 g/mol. The van der Waals surface area contributed by atoms with Crippen molar-refractivity contribution in [3.8, 4) is 0 Å². The first-order valence-corrected chi connectivity index (χ1v) is 7.15. The van der Waals surface area contributed by atoms with Crippen molar-refractivity contribution in [3.63, 3.8) is 0 Å². The van der Waals surface area contributed by atoms with Crippen LogP contribution in [0.25, 0.3) is 0 Å². The summed E-state index contributed by atoms with van der Waals surface area (Å²) in [6.07, 6.45) is 1.58. The molecule has 0 radical (unpaired) electrons. The predicted molar refractivity (Wildman–Crippen MR) is 72.8 cm³/mol. The minimum Gasteiger partial charge on any atom is -0.346 e. The Morgan fingerprint density at radius 3 is 2.76 bits per heavy atom. The lowest BCUT2D eigenvalue weighted by Crippen LogP contribution is -2.47. The molecule has 21 heavy (non-hydrogen) atoms. The van der Waals surface area contributed by atoms with Crippen molar-refractivity contribution < 1.29 is 18.0 Å². The molecule has 0 spiro atoms. The Labute approximate surface area is 121 Å². The minimum absolute atomic E-state index is 0.0174. The minimum atomic E-state index is -4.35. The highest BCUT2D eigenvalue weighted by Gasteiger charge is 2.30. The van der Waals surface area contributed by atoms with Gasteiger partial charge in [0.2, 0.25) is 0 Å². The van der Waals surface area contributed by atoms with Crippen LogP contribution < -0.4 is 11.1 Å². The second-order valence-corrected chi connectivity index (χ2v) is 5.52. The smallest absolute Gasteiger partial charge is 0.346 e. The number of carbonyl (C=O) groups is 1. The summed E-state index contributed by atoms with van der Waals surface area (Å²) in [6, 6.07) is 2.52. The largest absolute Gasteiger partial charge is 0.406 e. The first kappa shape index (κ1) is 15.9. The topological polar surface area (TPSA) is 60.0 Å². The van der Waals surface area contributed by atoms with Crippen molar-refractivity contribution in [3.05, 3.63) is 24.0 Å². The maximum Gasteiger partial charge on any atom is 0.406 e. The lowest BCUT2D eigenvalue weighted by Gasteiger charge is -2.23.